The molecule has 1 heterocycles. The minimum absolute atomic E-state index is 0.0597. The molecule has 4 atom stereocenters. The Balaban J connectivity index is 1.74. The third-order valence-electron chi connectivity index (χ3n) is 6.15. The third-order valence-corrected chi connectivity index (χ3v) is 9.14. The fourth-order valence-corrected chi connectivity index (χ4v) is 5.73. The van der Waals surface area contributed by atoms with Crippen molar-refractivity contribution in [3.63, 3.8) is 0 Å². The van der Waals surface area contributed by atoms with Crippen molar-refractivity contribution in [3.05, 3.63) is 74.8 Å². The van der Waals surface area contributed by atoms with Crippen molar-refractivity contribution in [1.29, 1.82) is 0 Å². The van der Waals surface area contributed by atoms with Gasteiger partial charge < -0.3 is 0 Å². The number of benzene rings is 2. The van der Waals surface area contributed by atoms with Crippen LogP contribution in [0, 0.1) is 22.0 Å². The molecular weight excluding hydrogens is 610 g/mol. The van der Waals surface area contributed by atoms with Crippen molar-refractivity contribution in [2.45, 2.75) is 22.5 Å². The topological polar surface area (TPSA) is 118 Å². The van der Waals surface area contributed by atoms with Crippen LogP contribution in [0.4, 0.5) is 5.69 Å². The zero-order valence-electron chi connectivity index (χ0n) is 18.0. The minimum Gasteiger partial charge on any atom is -0.292 e. The first-order valence-corrected chi connectivity index (χ1v) is 12.8. The van der Waals surface area contributed by atoms with Crippen LogP contribution in [-0.2, 0) is 9.59 Å². The lowest BCUT2D eigenvalue weighted by atomic mass is 9.81. The van der Waals surface area contributed by atoms with E-state index in [1.807, 2.05) is 0 Å². The van der Waals surface area contributed by atoms with E-state index in [1.165, 1.54) is 42.5 Å². The Morgan fingerprint density at radius 3 is 2.09 bits per heavy atom. The summed E-state index contributed by atoms with van der Waals surface area (Å²) >= 11 is 12.9. The van der Waals surface area contributed by atoms with E-state index in [-0.39, 0.29) is 20.8 Å². The molecular formula is C23H18Br2ClN3O6. The van der Waals surface area contributed by atoms with Crippen LogP contribution < -0.4 is 0 Å². The van der Waals surface area contributed by atoms with Gasteiger partial charge in [0.1, 0.15) is 12.1 Å². The molecule has 9 nitrogen and oxygen atoms in total. The van der Waals surface area contributed by atoms with Crippen LogP contribution in [-0.4, -0.2) is 54.6 Å². The number of rotatable bonds is 6. The summed E-state index contributed by atoms with van der Waals surface area (Å²) in [6, 6.07) is 11.1. The van der Waals surface area contributed by atoms with Crippen molar-refractivity contribution >= 4 is 72.7 Å². The van der Waals surface area contributed by atoms with Gasteiger partial charge in [0.05, 0.1) is 16.8 Å². The Kier molecular flexibility index (Phi) is 7.39. The van der Waals surface area contributed by atoms with Gasteiger partial charge in [-0.3, -0.25) is 29.3 Å². The van der Waals surface area contributed by atoms with E-state index < -0.39 is 52.5 Å². The first kappa shape index (κ1) is 25.5. The van der Waals surface area contributed by atoms with Crippen LogP contribution >= 0.6 is 43.5 Å². The number of alkyl halides is 2. The van der Waals surface area contributed by atoms with Gasteiger partial charge in [0.25, 0.3) is 23.4 Å². The molecule has 182 valence electrons. The van der Waals surface area contributed by atoms with Crippen molar-refractivity contribution < 1.29 is 24.1 Å². The maximum Gasteiger partial charge on any atom is 0.282 e. The highest BCUT2D eigenvalue weighted by Gasteiger charge is 2.55. The Morgan fingerprint density at radius 2 is 1.54 bits per heavy atom. The Labute approximate surface area is 221 Å². The van der Waals surface area contributed by atoms with E-state index in [1.54, 1.807) is 0 Å². The molecule has 2 fully saturated rings. The molecule has 1 aliphatic carbocycles. The van der Waals surface area contributed by atoms with Crippen LogP contribution in [0.25, 0.3) is 0 Å². The monoisotopic (exact) mass is 625 g/mol. The van der Waals surface area contributed by atoms with E-state index in [0.717, 1.165) is 11.1 Å². The molecule has 1 saturated heterocycles. The van der Waals surface area contributed by atoms with Crippen molar-refractivity contribution in [2.75, 3.05) is 6.54 Å². The average molecular weight is 628 g/mol. The summed E-state index contributed by atoms with van der Waals surface area (Å²) in [7, 11) is 0. The first-order valence-electron chi connectivity index (χ1n) is 10.6. The van der Waals surface area contributed by atoms with E-state index in [0.29, 0.717) is 22.9 Å². The summed E-state index contributed by atoms with van der Waals surface area (Å²) in [4.78, 5) is 64.1. The number of fused-ring (bicyclic) bond motifs is 1. The number of hydrazine groups is 1. The second-order valence-corrected chi connectivity index (χ2v) is 11.1. The number of nitrogens with zero attached hydrogens (tertiary/aromatic N) is 3. The molecule has 2 aromatic rings. The lowest BCUT2D eigenvalue weighted by Crippen LogP contribution is -2.52. The summed E-state index contributed by atoms with van der Waals surface area (Å²) in [5, 5.41) is 13.4. The van der Waals surface area contributed by atoms with Crippen LogP contribution in [0.15, 0.2) is 48.5 Å². The molecule has 0 N–H and O–H groups in total. The van der Waals surface area contributed by atoms with E-state index in [9.17, 15) is 29.3 Å². The van der Waals surface area contributed by atoms with Gasteiger partial charge in [0, 0.05) is 26.3 Å². The summed E-state index contributed by atoms with van der Waals surface area (Å²) in [5.41, 5.74) is -0.639. The zero-order chi connectivity index (χ0) is 25.4. The highest BCUT2D eigenvalue weighted by molar-refractivity contribution is 9.12. The fourth-order valence-electron chi connectivity index (χ4n) is 4.36. The van der Waals surface area contributed by atoms with Crippen molar-refractivity contribution in [1.82, 2.24) is 10.0 Å². The fraction of sp³-hybridized carbons (Fsp3) is 0.304. The summed E-state index contributed by atoms with van der Waals surface area (Å²) in [6.07, 6.45) is 0.723. The number of halogens is 3. The number of hydrogen-bond acceptors (Lipinski definition) is 6. The maximum atomic E-state index is 13.6. The van der Waals surface area contributed by atoms with Gasteiger partial charge in [-0.05, 0) is 43.2 Å². The molecule has 35 heavy (non-hydrogen) atoms. The molecule has 4 rings (SSSR count). The predicted molar refractivity (Wildman–Crippen MR) is 133 cm³/mol. The molecule has 0 radical (unpaired) electrons. The highest BCUT2D eigenvalue weighted by Crippen LogP contribution is 2.43. The smallest absolute Gasteiger partial charge is 0.282 e. The van der Waals surface area contributed by atoms with Gasteiger partial charge in [0.15, 0.2) is 5.78 Å². The summed E-state index contributed by atoms with van der Waals surface area (Å²) in [5.74, 6) is -4.13. The molecule has 3 amide bonds. The summed E-state index contributed by atoms with van der Waals surface area (Å²) < 4.78 is 0. The number of Topliss-reactive ketones (excluding diaryl/α,β-unsaturated/α-hetero) is 1. The zero-order valence-corrected chi connectivity index (χ0v) is 21.9. The highest BCUT2D eigenvalue weighted by atomic mass is 79.9. The number of imide groups is 1. The number of hydrogen-bond donors (Lipinski definition) is 0. The molecule has 0 bridgehead atoms. The van der Waals surface area contributed by atoms with Crippen molar-refractivity contribution in [2.24, 2.45) is 11.8 Å². The molecule has 12 heteroatoms. The van der Waals surface area contributed by atoms with Crippen LogP contribution in [0.3, 0.4) is 0 Å². The molecule has 0 aromatic heterocycles. The van der Waals surface area contributed by atoms with Gasteiger partial charge in [-0.2, -0.15) is 5.01 Å². The molecule has 2 aromatic carbocycles. The third kappa shape index (κ3) is 4.89. The number of carbonyl (C=O) groups is 4. The van der Waals surface area contributed by atoms with Crippen LogP contribution in [0.5, 0.6) is 0 Å². The number of nitro groups is 1. The SMILES string of the molecule is O=C(CN(C(=O)c1ccccc1[N+](=O)[O-])N1C(=O)[C@@H]2C[C@@H](Br)[C@@H](Br)C[C@H]2C1=O)c1ccc(Cl)cc1. The molecule has 1 saturated carbocycles. The Hall–Kier alpha value is -2.63. The molecule has 0 unspecified atom stereocenters. The molecule has 1 aliphatic heterocycles. The molecule has 0 spiro atoms. The number of carbonyl (C=O) groups excluding carboxylic acids is 4. The second-order valence-electron chi connectivity index (χ2n) is 8.27. The number of nitro benzene ring substituents is 1. The normalized spacial score (nSPS) is 23.7. The number of ketones is 1. The van der Waals surface area contributed by atoms with E-state index in [2.05, 4.69) is 31.9 Å². The molecule has 2 aliphatic rings. The Bertz CT molecular complexity index is 1200. The predicted octanol–water partition coefficient (Wildman–Crippen LogP) is 4.41. The quantitative estimate of drug-likeness (QED) is 0.154. The number of amides is 3. The Morgan fingerprint density at radius 1 is 1.00 bits per heavy atom. The van der Waals surface area contributed by atoms with Crippen molar-refractivity contribution in [3.8, 4) is 0 Å². The average Bonchev–Trinajstić information content (AvgIpc) is 3.06. The standard InChI is InChI=1S/C23H18Br2ClN3O6/c24-17-9-15-16(10-18(17)25)23(33)28(22(15)32)27(11-20(30)12-5-7-13(26)8-6-12)21(31)14-3-1-2-4-19(14)29(34)35/h1-8,15-18H,9-11H2/t15-,16-,17-,18+/m1/s1. The van der Waals surface area contributed by atoms with E-state index in [4.69, 9.17) is 11.6 Å². The lowest BCUT2D eigenvalue weighted by Gasteiger charge is -2.30. The number of para-hydroxylation sites is 1. The largest absolute Gasteiger partial charge is 0.292 e. The van der Waals surface area contributed by atoms with Gasteiger partial charge >= 0.3 is 0 Å². The van der Waals surface area contributed by atoms with Crippen LogP contribution in [0.2, 0.25) is 5.02 Å². The first-order chi connectivity index (χ1) is 16.6. The van der Waals surface area contributed by atoms with Gasteiger partial charge in [-0.15, -0.1) is 0 Å². The van der Waals surface area contributed by atoms with Crippen LogP contribution in [0.1, 0.15) is 33.6 Å². The van der Waals surface area contributed by atoms with E-state index >= 15 is 0 Å². The summed E-state index contributed by atoms with van der Waals surface area (Å²) in [6.45, 7) is -0.668. The maximum absolute atomic E-state index is 13.6. The second kappa shape index (κ2) is 10.2. The van der Waals surface area contributed by atoms with Gasteiger partial charge in [0.2, 0.25) is 0 Å². The van der Waals surface area contributed by atoms with Gasteiger partial charge in [-0.25, -0.2) is 5.01 Å². The minimum atomic E-state index is -0.995. The van der Waals surface area contributed by atoms with Gasteiger partial charge in [-0.1, -0.05) is 55.6 Å². The lowest BCUT2D eigenvalue weighted by molar-refractivity contribution is -0.385.